The van der Waals surface area contributed by atoms with Gasteiger partial charge >= 0.3 is 0 Å². The highest BCUT2D eigenvalue weighted by Crippen LogP contribution is 2.24. The van der Waals surface area contributed by atoms with Gasteiger partial charge < -0.3 is 10.2 Å². The van der Waals surface area contributed by atoms with Crippen LogP contribution in [0.3, 0.4) is 0 Å². The lowest BCUT2D eigenvalue weighted by molar-refractivity contribution is 0.0950. The van der Waals surface area contributed by atoms with Crippen LogP contribution in [0.5, 0.6) is 0 Å². The number of fused-ring (bicyclic) bond motifs is 1. The molecule has 0 saturated carbocycles. The number of hydrogen-bond acceptors (Lipinski definition) is 4. The molecule has 1 saturated heterocycles. The average Bonchev–Trinajstić information content (AvgIpc) is 2.77. The molecule has 0 radical (unpaired) electrons. The number of benzene rings is 1. The van der Waals surface area contributed by atoms with Gasteiger partial charge in [-0.05, 0) is 57.0 Å². The quantitative estimate of drug-likeness (QED) is 0.640. The third kappa shape index (κ3) is 4.62. The SMILES string of the molecule is C[C@H]1CCCCN1CCCNC(=O)c1cc(-c2cccnc2)nc2ccccc12. The Morgan fingerprint density at radius 1 is 1.21 bits per heavy atom. The first-order valence-corrected chi connectivity index (χ1v) is 10.5. The summed E-state index contributed by atoms with van der Waals surface area (Å²) in [6.45, 7) is 5.21. The molecule has 29 heavy (non-hydrogen) atoms. The normalized spacial score (nSPS) is 17.3. The van der Waals surface area contributed by atoms with Crippen molar-refractivity contribution in [1.82, 2.24) is 20.2 Å². The van der Waals surface area contributed by atoms with Gasteiger partial charge in [0, 0.05) is 42.5 Å². The summed E-state index contributed by atoms with van der Waals surface area (Å²) in [5.74, 6) is -0.0413. The third-order valence-electron chi connectivity index (χ3n) is 5.77. The van der Waals surface area contributed by atoms with Crippen molar-refractivity contribution >= 4 is 16.8 Å². The topological polar surface area (TPSA) is 58.1 Å². The number of para-hydroxylation sites is 1. The second-order valence-electron chi connectivity index (χ2n) is 7.80. The van der Waals surface area contributed by atoms with Crippen molar-refractivity contribution in [2.75, 3.05) is 19.6 Å². The van der Waals surface area contributed by atoms with E-state index in [0.29, 0.717) is 18.2 Å². The largest absolute Gasteiger partial charge is 0.352 e. The lowest BCUT2D eigenvalue weighted by Crippen LogP contribution is -2.39. The second kappa shape index (κ2) is 9.14. The minimum absolute atomic E-state index is 0.0413. The number of carbonyl (C=O) groups is 1. The number of pyridine rings is 2. The first kappa shape index (κ1) is 19.5. The molecule has 3 aromatic rings. The highest BCUT2D eigenvalue weighted by atomic mass is 16.1. The molecule has 1 aliphatic rings. The van der Waals surface area contributed by atoms with Crippen molar-refractivity contribution in [3.8, 4) is 11.3 Å². The zero-order valence-corrected chi connectivity index (χ0v) is 17.0. The number of carbonyl (C=O) groups excluding carboxylic acids is 1. The monoisotopic (exact) mass is 388 g/mol. The van der Waals surface area contributed by atoms with E-state index < -0.39 is 0 Å². The van der Waals surface area contributed by atoms with Crippen LogP contribution in [0.25, 0.3) is 22.2 Å². The van der Waals surface area contributed by atoms with Gasteiger partial charge in [-0.15, -0.1) is 0 Å². The van der Waals surface area contributed by atoms with Crippen molar-refractivity contribution in [3.05, 3.63) is 60.4 Å². The molecule has 0 aliphatic carbocycles. The fourth-order valence-electron chi connectivity index (χ4n) is 4.09. The molecule has 1 N–H and O–H groups in total. The van der Waals surface area contributed by atoms with Crippen LogP contribution in [0.1, 0.15) is 43.0 Å². The van der Waals surface area contributed by atoms with Gasteiger partial charge in [0.25, 0.3) is 5.91 Å². The number of amides is 1. The molecule has 1 aromatic carbocycles. The molecule has 1 fully saturated rings. The van der Waals surface area contributed by atoms with Gasteiger partial charge in [0.15, 0.2) is 0 Å². The van der Waals surface area contributed by atoms with E-state index in [-0.39, 0.29) is 5.91 Å². The number of aromatic nitrogens is 2. The summed E-state index contributed by atoms with van der Waals surface area (Å²) in [5.41, 5.74) is 3.16. The Morgan fingerprint density at radius 2 is 2.10 bits per heavy atom. The smallest absolute Gasteiger partial charge is 0.252 e. The van der Waals surface area contributed by atoms with Gasteiger partial charge in [0.1, 0.15) is 0 Å². The Labute approximate surface area is 172 Å². The summed E-state index contributed by atoms with van der Waals surface area (Å²) in [7, 11) is 0. The lowest BCUT2D eigenvalue weighted by atomic mass is 10.0. The summed E-state index contributed by atoms with van der Waals surface area (Å²) >= 11 is 0. The molecule has 0 unspecified atom stereocenters. The molecular weight excluding hydrogens is 360 g/mol. The predicted molar refractivity (Wildman–Crippen MR) is 117 cm³/mol. The highest BCUT2D eigenvalue weighted by Gasteiger charge is 2.18. The molecule has 150 valence electrons. The van der Waals surface area contributed by atoms with E-state index in [9.17, 15) is 4.79 Å². The van der Waals surface area contributed by atoms with Crippen LogP contribution < -0.4 is 5.32 Å². The fraction of sp³-hybridized carbons (Fsp3) is 0.375. The zero-order valence-electron chi connectivity index (χ0n) is 17.0. The minimum Gasteiger partial charge on any atom is -0.352 e. The van der Waals surface area contributed by atoms with Crippen LogP contribution in [0.2, 0.25) is 0 Å². The van der Waals surface area contributed by atoms with Crippen molar-refractivity contribution < 1.29 is 4.79 Å². The summed E-state index contributed by atoms with van der Waals surface area (Å²) in [6.07, 6.45) is 8.39. The van der Waals surface area contributed by atoms with Crippen molar-refractivity contribution in [1.29, 1.82) is 0 Å². The van der Waals surface area contributed by atoms with Crippen molar-refractivity contribution in [2.24, 2.45) is 0 Å². The first-order valence-electron chi connectivity index (χ1n) is 10.5. The highest BCUT2D eigenvalue weighted by molar-refractivity contribution is 6.07. The van der Waals surface area contributed by atoms with Crippen LogP contribution in [0.15, 0.2) is 54.9 Å². The number of nitrogens with zero attached hydrogens (tertiary/aromatic N) is 3. The van der Waals surface area contributed by atoms with E-state index in [2.05, 4.69) is 22.1 Å². The van der Waals surface area contributed by atoms with Gasteiger partial charge in [0.2, 0.25) is 0 Å². The van der Waals surface area contributed by atoms with E-state index >= 15 is 0 Å². The predicted octanol–water partition coefficient (Wildman–Crippen LogP) is 4.29. The molecule has 0 spiro atoms. The number of piperidine rings is 1. The molecule has 4 rings (SSSR count). The van der Waals surface area contributed by atoms with Gasteiger partial charge in [-0.1, -0.05) is 24.6 Å². The zero-order chi connectivity index (χ0) is 20.1. The average molecular weight is 389 g/mol. The molecule has 2 aromatic heterocycles. The third-order valence-corrected chi connectivity index (χ3v) is 5.77. The van der Waals surface area contributed by atoms with Gasteiger partial charge in [0.05, 0.1) is 16.8 Å². The van der Waals surface area contributed by atoms with E-state index in [1.807, 2.05) is 42.5 Å². The standard InChI is InChI=1S/C24H28N4O/c1-18-8-4-5-14-28(18)15-7-13-26-24(29)21-16-23(19-9-6-12-25-17-19)27-22-11-3-2-10-20(21)22/h2-3,6,9-12,16-18H,4-5,7-8,13-15H2,1H3,(H,26,29)/t18-/m0/s1. The summed E-state index contributed by atoms with van der Waals surface area (Å²) in [6, 6.07) is 14.2. The van der Waals surface area contributed by atoms with Gasteiger partial charge in [-0.25, -0.2) is 4.98 Å². The van der Waals surface area contributed by atoms with Crippen LogP contribution >= 0.6 is 0 Å². The molecule has 1 atom stereocenters. The number of hydrogen-bond donors (Lipinski definition) is 1. The van der Waals surface area contributed by atoms with E-state index in [4.69, 9.17) is 4.98 Å². The number of likely N-dealkylation sites (tertiary alicyclic amines) is 1. The Bertz CT molecular complexity index is 973. The minimum atomic E-state index is -0.0413. The summed E-state index contributed by atoms with van der Waals surface area (Å²) in [5, 5.41) is 3.99. The summed E-state index contributed by atoms with van der Waals surface area (Å²) in [4.78, 5) is 24.4. The van der Waals surface area contributed by atoms with Crippen LogP contribution in [-0.2, 0) is 0 Å². The van der Waals surface area contributed by atoms with Crippen LogP contribution in [0.4, 0.5) is 0 Å². The molecule has 5 nitrogen and oxygen atoms in total. The van der Waals surface area contributed by atoms with Crippen LogP contribution in [0, 0.1) is 0 Å². The maximum absolute atomic E-state index is 13.0. The lowest BCUT2D eigenvalue weighted by Gasteiger charge is -2.33. The Morgan fingerprint density at radius 3 is 2.93 bits per heavy atom. The van der Waals surface area contributed by atoms with Crippen molar-refractivity contribution in [3.63, 3.8) is 0 Å². The fourth-order valence-corrected chi connectivity index (χ4v) is 4.09. The molecule has 3 heterocycles. The summed E-state index contributed by atoms with van der Waals surface area (Å²) < 4.78 is 0. The molecule has 5 heteroatoms. The number of nitrogens with one attached hydrogen (secondary N) is 1. The number of rotatable bonds is 6. The van der Waals surface area contributed by atoms with E-state index in [1.165, 1.54) is 25.8 Å². The maximum atomic E-state index is 13.0. The van der Waals surface area contributed by atoms with E-state index in [1.54, 1.807) is 12.4 Å². The van der Waals surface area contributed by atoms with E-state index in [0.717, 1.165) is 35.1 Å². The maximum Gasteiger partial charge on any atom is 0.252 e. The molecule has 1 amide bonds. The van der Waals surface area contributed by atoms with Crippen LogP contribution in [-0.4, -0.2) is 46.5 Å². The van der Waals surface area contributed by atoms with Gasteiger partial charge in [-0.2, -0.15) is 0 Å². The Kier molecular flexibility index (Phi) is 6.15. The molecule has 1 aliphatic heterocycles. The molecule has 0 bridgehead atoms. The first-order chi connectivity index (χ1) is 14.2. The van der Waals surface area contributed by atoms with Gasteiger partial charge in [-0.3, -0.25) is 9.78 Å². The second-order valence-corrected chi connectivity index (χ2v) is 7.80. The molecular formula is C24H28N4O. The Hall–Kier alpha value is -2.79. The Balaban J connectivity index is 1.48. The van der Waals surface area contributed by atoms with Crippen molar-refractivity contribution in [2.45, 2.75) is 38.6 Å².